The molecule has 27 heavy (non-hydrogen) atoms. The van der Waals surface area contributed by atoms with Gasteiger partial charge in [0.1, 0.15) is 17.6 Å². The predicted octanol–water partition coefficient (Wildman–Crippen LogP) is 3.57. The molecule has 6 N–H and O–H groups in total. The molecule has 0 amide bonds. The van der Waals surface area contributed by atoms with Crippen LogP contribution in [0.25, 0.3) is 0 Å². The number of rotatable bonds is 10. The van der Waals surface area contributed by atoms with Gasteiger partial charge in [0.25, 0.3) is 0 Å². The molecule has 0 aromatic heterocycles. The van der Waals surface area contributed by atoms with Crippen molar-refractivity contribution in [2.24, 2.45) is 28.3 Å². The number of allylic oxidation sites excluding steroid dienone is 2. The van der Waals surface area contributed by atoms with E-state index < -0.39 is 6.04 Å². The molecule has 2 rings (SSSR count). The molecule has 6 heteroatoms. The van der Waals surface area contributed by atoms with Gasteiger partial charge in [-0.2, -0.15) is 0 Å². The first-order valence-electron chi connectivity index (χ1n) is 10.1. The van der Waals surface area contributed by atoms with Crippen molar-refractivity contribution in [3.63, 3.8) is 0 Å². The molecular weight excluding hydrogens is 338 g/mol. The van der Waals surface area contributed by atoms with Crippen molar-refractivity contribution in [3.8, 4) is 0 Å². The van der Waals surface area contributed by atoms with Crippen LogP contribution in [0.2, 0.25) is 0 Å². The number of hydrogen-bond acceptors (Lipinski definition) is 5. The van der Waals surface area contributed by atoms with Crippen LogP contribution in [0.15, 0.2) is 28.0 Å². The fraction of sp³-hybridized carbons (Fsp3) is 0.667. The van der Waals surface area contributed by atoms with E-state index in [1.54, 1.807) is 6.92 Å². The monoisotopic (exact) mass is 373 g/mol. The molecule has 1 aliphatic carbocycles. The molecule has 3 atom stereocenters. The largest absolute Gasteiger partial charge is 0.493 e. The maximum Gasteiger partial charge on any atom is 0.143 e. The zero-order chi connectivity index (χ0) is 20.0. The van der Waals surface area contributed by atoms with Crippen molar-refractivity contribution in [3.05, 3.63) is 23.0 Å². The molecule has 0 aromatic rings. The van der Waals surface area contributed by atoms with Crippen molar-refractivity contribution in [2.75, 3.05) is 13.2 Å². The van der Waals surface area contributed by atoms with Gasteiger partial charge >= 0.3 is 0 Å². The van der Waals surface area contributed by atoms with Gasteiger partial charge in [-0.3, -0.25) is 10.4 Å². The van der Waals surface area contributed by atoms with Crippen LogP contribution >= 0.6 is 0 Å². The zero-order valence-corrected chi connectivity index (χ0v) is 17.0. The number of nitrogens with zero attached hydrogens (tertiary/aromatic N) is 1. The summed E-state index contributed by atoms with van der Waals surface area (Å²) in [6, 6.07) is -0.660. The van der Waals surface area contributed by atoms with Gasteiger partial charge in [0.05, 0.1) is 6.61 Å². The highest BCUT2D eigenvalue weighted by atomic mass is 16.5. The third-order valence-electron chi connectivity index (χ3n) is 5.61. The second kappa shape index (κ2) is 9.83. The Morgan fingerprint density at radius 2 is 2.15 bits per heavy atom. The molecule has 1 aliphatic heterocycles. The van der Waals surface area contributed by atoms with Gasteiger partial charge in [0.15, 0.2) is 0 Å². The molecule has 1 heterocycles. The summed E-state index contributed by atoms with van der Waals surface area (Å²) in [5.74, 6) is 1.90. The summed E-state index contributed by atoms with van der Waals surface area (Å²) in [5, 5.41) is 15.8. The van der Waals surface area contributed by atoms with E-state index in [1.165, 1.54) is 11.1 Å². The molecule has 0 saturated heterocycles. The molecule has 3 unspecified atom stereocenters. The minimum Gasteiger partial charge on any atom is -0.493 e. The van der Waals surface area contributed by atoms with Crippen LogP contribution in [0.4, 0.5) is 0 Å². The summed E-state index contributed by atoms with van der Waals surface area (Å²) >= 11 is 0. The summed E-state index contributed by atoms with van der Waals surface area (Å²) in [6.45, 7) is 7.54. The van der Waals surface area contributed by atoms with Crippen LogP contribution in [0.3, 0.4) is 0 Å². The van der Waals surface area contributed by atoms with Gasteiger partial charge in [-0.1, -0.05) is 25.8 Å². The van der Waals surface area contributed by atoms with Gasteiger partial charge in [0, 0.05) is 24.3 Å². The van der Waals surface area contributed by atoms with Gasteiger partial charge in [-0.15, -0.1) is 0 Å². The summed E-state index contributed by atoms with van der Waals surface area (Å²) in [4.78, 5) is 4.76. The van der Waals surface area contributed by atoms with E-state index in [0.29, 0.717) is 24.1 Å². The number of aliphatic imine (C=N–C) groups is 1. The highest BCUT2D eigenvalue weighted by Crippen LogP contribution is 2.37. The fourth-order valence-corrected chi connectivity index (χ4v) is 3.90. The molecule has 0 radical (unpaired) electrons. The highest BCUT2D eigenvalue weighted by Gasteiger charge is 2.26. The summed E-state index contributed by atoms with van der Waals surface area (Å²) in [7, 11) is 0. The third-order valence-corrected chi connectivity index (χ3v) is 5.61. The number of amidine groups is 1. The first kappa shape index (κ1) is 21.4. The number of nitrogens with one attached hydrogen (secondary N) is 2. The molecule has 0 aromatic carbocycles. The van der Waals surface area contributed by atoms with Crippen molar-refractivity contribution >= 4 is 17.3 Å². The van der Waals surface area contributed by atoms with Gasteiger partial charge in [-0.05, 0) is 56.2 Å². The third kappa shape index (κ3) is 5.76. The van der Waals surface area contributed by atoms with Crippen molar-refractivity contribution in [2.45, 2.75) is 65.3 Å². The molecular formula is C21H35N5O. The summed E-state index contributed by atoms with van der Waals surface area (Å²) in [6.07, 6.45) is 7.86. The van der Waals surface area contributed by atoms with Crippen LogP contribution in [-0.4, -0.2) is 36.5 Å². The average Bonchev–Trinajstić information content (AvgIpc) is 3.05. The van der Waals surface area contributed by atoms with E-state index in [2.05, 4.69) is 19.9 Å². The average molecular weight is 374 g/mol. The zero-order valence-electron chi connectivity index (χ0n) is 17.0. The van der Waals surface area contributed by atoms with E-state index >= 15 is 0 Å². The van der Waals surface area contributed by atoms with E-state index in [9.17, 15) is 0 Å². The Bertz CT molecular complexity index is 647. The van der Waals surface area contributed by atoms with Crippen LogP contribution in [0, 0.1) is 22.7 Å². The SMILES string of the molecule is CCC(CCN)CC(CC1=CC2=C(CCO2)CC1C)=NC(C(C)=N)C(=N)N. The molecule has 150 valence electrons. The maximum absolute atomic E-state index is 7.95. The molecule has 0 saturated carbocycles. The second-order valence-corrected chi connectivity index (χ2v) is 7.86. The smallest absolute Gasteiger partial charge is 0.143 e. The molecule has 2 aliphatic rings. The number of nitrogens with two attached hydrogens (primary N) is 2. The van der Waals surface area contributed by atoms with Gasteiger partial charge in [-0.25, -0.2) is 0 Å². The van der Waals surface area contributed by atoms with Crippen LogP contribution in [0.1, 0.15) is 59.3 Å². The maximum atomic E-state index is 7.95. The van der Waals surface area contributed by atoms with Crippen LogP contribution in [-0.2, 0) is 4.74 Å². The Morgan fingerprint density at radius 3 is 2.74 bits per heavy atom. The Hall–Kier alpha value is -1.95. The van der Waals surface area contributed by atoms with Gasteiger partial charge in [0.2, 0.25) is 0 Å². The summed E-state index contributed by atoms with van der Waals surface area (Å²) in [5.41, 5.74) is 15.6. The normalized spacial score (nSPS) is 22.0. The molecule has 0 bridgehead atoms. The highest BCUT2D eigenvalue weighted by molar-refractivity contribution is 6.08. The minimum atomic E-state index is -0.660. The van der Waals surface area contributed by atoms with E-state index in [0.717, 1.165) is 56.6 Å². The first-order chi connectivity index (χ1) is 12.8. The lowest BCUT2D eigenvalue weighted by Crippen LogP contribution is -2.33. The fourth-order valence-electron chi connectivity index (χ4n) is 3.90. The van der Waals surface area contributed by atoms with Crippen LogP contribution < -0.4 is 11.5 Å². The summed E-state index contributed by atoms with van der Waals surface area (Å²) < 4.78 is 5.77. The quantitative estimate of drug-likeness (QED) is 0.346. The lowest BCUT2D eigenvalue weighted by molar-refractivity contribution is 0.256. The molecule has 6 nitrogen and oxygen atoms in total. The van der Waals surface area contributed by atoms with E-state index in [4.69, 9.17) is 32.0 Å². The van der Waals surface area contributed by atoms with E-state index in [1.807, 2.05) is 0 Å². The first-order valence-corrected chi connectivity index (χ1v) is 10.1. The lowest BCUT2D eigenvalue weighted by atomic mass is 9.83. The van der Waals surface area contributed by atoms with Crippen molar-refractivity contribution in [1.29, 1.82) is 10.8 Å². The minimum absolute atomic E-state index is 0.0679. The Labute approximate surface area is 163 Å². The molecule has 0 fully saturated rings. The Balaban J connectivity index is 2.28. The Kier molecular flexibility index (Phi) is 7.78. The number of hydrogen-bond donors (Lipinski definition) is 4. The van der Waals surface area contributed by atoms with Gasteiger partial charge < -0.3 is 21.6 Å². The standard InChI is InChI=1S/C21H35N5O/c1-4-15(5-7-22)10-18(26-20(14(3)23)21(24)25)11-17-12-19-16(6-8-27-19)9-13(17)2/h12-13,15,20,23H,4-11,22H2,1-3H3,(H3,24,25). The van der Waals surface area contributed by atoms with Crippen LogP contribution in [0.5, 0.6) is 0 Å². The topological polar surface area (TPSA) is 121 Å². The molecule has 0 spiro atoms. The van der Waals surface area contributed by atoms with Crippen molar-refractivity contribution < 1.29 is 4.74 Å². The predicted molar refractivity (Wildman–Crippen MR) is 113 cm³/mol. The Morgan fingerprint density at radius 1 is 1.41 bits per heavy atom. The van der Waals surface area contributed by atoms with Crippen molar-refractivity contribution in [1.82, 2.24) is 0 Å². The number of ether oxygens (including phenoxy) is 1. The second-order valence-electron chi connectivity index (χ2n) is 7.86. The van der Waals surface area contributed by atoms with E-state index in [-0.39, 0.29) is 5.84 Å². The lowest BCUT2D eigenvalue weighted by Gasteiger charge is -2.24.